The summed E-state index contributed by atoms with van der Waals surface area (Å²) in [6, 6.07) is 25.6. The van der Waals surface area contributed by atoms with Crippen LogP contribution < -0.4 is 15.1 Å². The van der Waals surface area contributed by atoms with Gasteiger partial charge in [0, 0.05) is 61.0 Å². The van der Waals surface area contributed by atoms with E-state index in [0.717, 1.165) is 43.6 Å². The number of anilines is 1. The average Bonchev–Trinajstić information content (AvgIpc) is 2.94. The van der Waals surface area contributed by atoms with E-state index in [9.17, 15) is 4.79 Å². The molecule has 1 amide bonds. The van der Waals surface area contributed by atoms with Crippen LogP contribution in [0.5, 0.6) is 5.75 Å². The molecule has 0 radical (unpaired) electrons. The van der Waals surface area contributed by atoms with Gasteiger partial charge in [-0.2, -0.15) is 5.10 Å². The van der Waals surface area contributed by atoms with E-state index in [-0.39, 0.29) is 5.91 Å². The van der Waals surface area contributed by atoms with Crippen LogP contribution in [0.25, 0.3) is 10.9 Å². The summed E-state index contributed by atoms with van der Waals surface area (Å²) in [6.07, 6.45) is 1.50. The van der Waals surface area contributed by atoms with Gasteiger partial charge in [-0.05, 0) is 48.0 Å². The Morgan fingerprint density at radius 2 is 1.78 bits per heavy atom. The summed E-state index contributed by atoms with van der Waals surface area (Å²) < 4.78 is 5.23. The van der Waals surface area contributed by atoms with E-state index < -0.39 is 0 Å². The minimum Gasteiger partial charge on any atom is -0.497 e. The van der Waals surface area contributed by atoms with Crippen LogP contribution in [0.1, 0.15) is 21.5 Å². The number of fused-ring (bicyclic) bond motifs is 1. The lowest BCUT2D eigenvalue weighted by molar-refractivity contribution is 0.0955. The number of piperazine rings is 1. The van der Waals surface area contributed by atoms with Crippen molar-refractivity contribution in [2.24, 2.45) is 5.10 Å². The molecule has 0 unspecified atom stereocenters. The summed E-state index contributed by atoms with van der Waals surface area (Å²) in [6.45, 7) is 4.89. The van der Waals surface area contributed by atoms with Gasteiger partial charge < -0.3 is 9.64 Å². The van der Waals surface area contributed by atoms with Crippen molar-refractivity contribution < 1.29 is 9.53 Å². The molecule has 1 saturated heterocycles. The number of rotatable bonds is 7. The summed E-state index contributed by atoms with van der Waals surface area (Å²) in [5.74, 6) is 0.426. The fourth-order valence-corrected chi connectivity index (χ4v) is 4.60. The molecule has 0 atom stereocenters. The molecule has 1 N–H and O–H groups in total. The van der Waals surface area contributed by atoms with Crippen LogP contribution >= 0.6 is 11.6 Å². The topological polar surface area (TPSA) is 70.1 Å². The zero-order valence-electron chi connectivity index (χ0n) is 20.6. The van der Waals surface area contributed by atoms with Gasteiger partial charge in [0.1, 0.15) is 10.9 Å². The second-order valence-electron chi connectivity index (χ2n) is 8.92. The second kappa shape index (κ2) is 11.4. The fourth-order valence-electron chi connectivity index (χ4n) is 4.40. The van der Waals surface area contributed by atoms with Crippen LogP contribution in [-0.4, -0.2) is 55.3 Å². The third kappa shape index (κ3) is 6.07. The Morgan fingerprint density at radius 3 is 2.51 bits per heavy atom. The van der Waals surface area contributed by atoms with Gasteiger partial charge >= 0.3 is 0 Å². The maximum absolute atomic E-state index is 12.6. The predicted octanol–water partition coefficient (Wildman–Crippen LogP) is 4.98. The number of halogens is 1. The van der Waals surface area contributed by atoms with Gasteiger partial charge in [0.05, 0.1) is 18.8 Å². The Labute approximate surface area is 221 Å². The first-order chi connectivity index (χ1) is 18.1. The smallest absolute Gasteiger partial charge is 0.271 e. The molecule has 1 aliphatic heterocycles. The van der Waals surface area contributed by atoms with Gasteiger partial charge in [-0.25, -0.2) is 10.4 Å². The van der Waals surface area contributed by atoms with E-state index in [0.29, 0.717) is 22.0 Å². The van der Waals surface area contributed by atoms with E-state index in [4.69, 9.17) is 16.3 Å². The maximum atomic E-state index is 12.6. The summed E-state index contributed by atoms with van der Waals surface area (Å²) in [5.41, 5.74) is 6.91. The Hall–Kier alpha value is -3.94. The molecule has 7 nitrogen and oxygen atoms in total. The molecule has 8 heteroatoms. The number of nitrogens with one attached hydrogen (secondary N) is 1. The summed E-state index contributed by atoms with van der Waals surface area (Å²) in [5, 5.41) is 5.28. The molecule has 0 bridgehead atoms. The number of ether oxygens (including phenoxy) is 1. The van der Waals surface area contributed by atoms with E-state index in [2.05, 4.69) is 49.6 Å². The first kappa shape index (κ1) is 24.7. The molecule has 1 aliphatic rings. The standard InChI is InChI=1S/C29H28ClN5O2/c1-37-26-12-11-23-17-24(28(30)32-27(23)18-26)19-31-33-29(36)22-9-7-21(8-10-22)20-34-13-15-35(16-14-34)25-5-3-2-4-6-25/h2-12,17-19H,13-16,20H2,1H3,(H,33,36)/b31-19-. The van der Waals surface area contributed by atoms with Crippen molar-refractivity contribution >= 4 is 40.3 Å². The van der Waals surface area contributed by atoms with Crippen molar-refractivity contribution in [2.45, 2.75) is 6.54 Å². The van der Waals surface area contributed by atoms with E-state index in [1.807, 2.05) is 54.6 Å². The molecule has 0 spiro atoms. The zero-order valence-corrected chi connectivity index (χ0v) is 21.4. The van der Waals surface area contributed by atoms with Gasteiger partial charge in [0.2, 0.25) is 0 Å². The first-order valence-corrected chi connectivity index (χ1v) is 12.6. The molecule has 5 rings (SSSR count). The van der Waals surface area contributed by atoms with Crippen molar-refractivity contribution in [1.82, 2.24) is 15.3 Å². The molecule has 4 aromatic rings. The molecule has 2 heterocycles. The zero-order chi connectivity index (χ0) is 25.6. The maximum Gasteiger partial charge on any atom is 0.271 e. The lowest BCUT2D eigenvalue weighted by atomic mass is 10.1. The van der Waals surface area contributed by atoms with E-state index in [1.54, 1.807) is 7.11 Å². The monoisotopic (exact) mass is 513 g/mol. The summed E-state index contributed by atoms with van der Waals surface area (Å²) in [7, 11) is 1.61. The van der Waals surface area contributed by atoms with Crippen molar-refractivity contribution in [1.29, 1.82) is 0 Å². The third-order valence-electron chi connectivity index (χ3n) is 6.49. The van der Waals surface area contributed by atoms with Crippen LogP contribution in [0.2, 0.25) is 5.15 Å². The molecule has 3 aromatic carbocycles. The first-order valence-electron chi connectivity index (χ1n) is 12.2. The molecule has 1 aromatic heterocycles. The number of aromatic nitrogens is 1. The van der Waals surface area contributed by atoms with Crippen LogP contribution in [0, 0.1) is 0 Å². The average molecular weight is 514 g/mol. The largest absolute Gasteiger partial charge is 0.497 e. The number of carbonyl (C=O) groups is 1. The Balaban J connectivity index is 1.14. The van der Waals surface area contributed by atoms with Gasteiger partial charge in [-0.1, -0.05) is 41.9 Å². The normalized spacial score (nSPS) is 14.3. The number of para-hydroxylation sites is 1. The quantitative estimate of drug-likeness (QED) is 0.214. The van der Waals surface area contributed by atoms with Crippen LogP contribution in [-0.2, 0) is 6.54 Å². The number of methoxy groups -OCH3 is 1. The number of hydrogen-bond acceptors (Lipinski definition) is 6. The number of amides is 1. The minimum atomic E-state index is -0.283. The fraction of sp³-hybridized carbons (Fsp3) is 0.207. The van der Waals surface area contributed by atoms with Crippen molar-refractivity contribution in [2.75, 3.05) is 38.2 Å². The van der Waals surface area contributed by atoms with Gasteiger partial charge in [0.15, 0.2) is 0 Å². The van der Waals surface area contributed by atoms with E-state index >= 15 is 0 Å². The highest BCUT2D eigenvalue weighted by molar-refractivity contribution is 6.32. The number of benzene rings is 3. The van der Waals surface area contributed by atoms with Crippen LogP contribution in [0.4, 0.5) is 5.69 Å². The molecule has 188 valence electrons. The van der Waals surface area contributed by atoms with Crippen molar-refractivity contribution in [3.8, 4) is 5.75 Å². The van der Waals surface area contributed by atoms with Crippen molar-refractivity contribution in [3.63, 3.8) is 0 Å². The number of nitrogens with zero attached hydrogens (tertiary/aromatic N) is 4. The second-order valence-corrected chi connectivity index (χ2v) is 9.28. The molecule has 37 heavy (non-hydrogen) atoms. The summed E-state index contributed by atoms with van der Waals surface area (Å²) in [4.78, 5) is 21.8. The molecule has 0 aliphatic carbocycles. The number of carbonyl (C=O) groups excluding carboxylic acids is 1. The number of hydrazone groups is 1. The molecular weight excluding hydrogens is 486 g/mol. The predicted molar refractivity (Wildman–Crippen MR) is 149 cm³/mol. The Kier molecular flexibility index (Phi) is 7.63. The van der Waals surface area contributed by atoms with E-state index in [1.165, 1.54) is 17.5 Å². The number of pyridine rings is 1. The lowest BCUT2D eigenvalue weighted by Gasteiger charge is -2.36. The highest BCUT2D eigenvalue weighted by Crippen LogP contribution is 2.23. The van der Waals surface area contributed by atoms with Gasteiger partial charge in [-0.15, -0.1) is 0 Å². The van der Waals surface area contributed by atoms with Gasteiger partial charge in [0.25, 0.3) is 5.91 Å². The molecule has 0 saturated carbocycles. The lowest BCUT2D eigenvalue weighted by Crippen LogP contribution is -2.45. The van der Waals surface area contributed by atoms with Gasteiger partial charge in [-0.3, -0.25) is 9.69 Å². The van der Waals surface area contributed by atoms with Crippen LogP contribution in [0.15, 0.2) is 84.0 Å². The highest BCUT2D eigenvalue weighted by atomic mass is 35.5. The molecular formula is C29H28ClN5O2. The Morgan fingerprint density at radius 1 is 1.03 bits per heavy atom. The highest BCUT2D eigenvalue weighted by Gasteiger charge is 2.17. The van der Waals surface area contributed by atoms with Crippen LogP contribution in [0.3, 0.4) is 0 Å². The SMILES string of the molecule is COc1ccc2cc(/C=N\NC(=O)c3ccc(CN4CCN(c5ccccc5)CC4)cc3)c(Cl)nc2c1. The van der Waals surface area contributed by atoms with Crippen molar-refractivity contribution in [3.05, 3.63) is 101 Å². The Bertz CT molecular complexity index is 1400. The number of hydrogen-bond donors (Lipinski definition) is 1. The summed E-state index contributed by atoms with van der Waals surface area (Å²) >= 11 is 6.31. The third-order valence-corrected chi connectivity index (χ3v) is 6.79. The minimum absolute atomic E-state index is 0.283. The molecule has 1 fully saturated rings.